The number of alkyl halides is 1. The van der Waals surface area contributed by atoms with Gasteiger partial charge in [0.1, 0.15) is 12.4 Å². The molecule has 1 aromatic carbocycles. The van der Waals surface area contributed by atoms with Crippen LogP contribution in [-0.4, -0.2) is 36.5 Å². The van der Waals surface area contributed by atoms with Crippen LogP contribution in [0.25, 0.3) is 0 Å². The fourth-order valence-electron chi connectivity index (χ4n) is 3.12. The van der Waals surface area contributed by atoms with Gasteiger partial charge in [-0.05, 0) is 32.6 Å². The van der Waals surface area contributed by atoms with Crippen molar-refractivity contribution in [3.63, 3.8) is 0 Å². The van der Waals surface area contributed by atoms with E-state index >= 15 is 0 Å². The Bertz CT molecular complexity index is 410. The maximum absolute atomic E-state index is 5.97. The van der Waals surface area contributed by atoms with Crippen molar-refractivity contribution in [1.29, 1.82) is 0 Å². The largest absolute Gasteiger partial charge is 0.492 e. The predicted molar refractivity (Wildman–Crippen MR) is 114 cm³/mol. The summed E-state index contributed by atoms with van der Waals surface area (Å²) in [5.41, 5.74) is 0. The highest BCUT2D eigenvalue weighted by molar-refractivity contribution is 9.09. The minimum Gasteiger partial charge on any atom is -0.492 e. The van der Waals surface area contributed by atoms with Crippen LogP contribution in [-0.2, 0) is 0 Å². The number of para-hydroxylation sites is 1. The van der Waals surface area contributed by atoms with Crippen LogP contribution in [0.5, 0.6) is 5.75 Å². The average Bonchev–Trinajstić information content (AvgIpc) is 2.61. The minimum absolute atomic E-state index is 0.397. The third kappa shape index (κ3) is 10.9. The molecular weight excluding hydrogens is 374 g/mol. The molecule has 0 radical (unpaired) electrons. The quantitative estimate of drug-likeness (QED) is 0.235. The van der Waals surface area contributed by atoms with Crippen molar-refractivity contribution in [2.45, 2.75) is 82.0 Å². The van der Waals surface area contributed by atoms with Gasteiger partial charge < -0.3 is 9.64 Å². The number of halogens is 1. The zero-order valence-corrected chi connectivity index (χ0v) is 18.1. The second-order valence-electron chi connectivity index (χ2n) is 7.29. The molecule has 1 rings (SSSR count). The van der Waals surface area contributed by atoms with Crippen LogP contribution in [0.4, 0.5) is 0 Å². The Hall–Kier alpha value is -0.540. The second kappa shape index (κ2) is 14.6. The first-order valence-corrected chi connectivity index (χ1v) is 11.0. The summed E-state index contributed by atoms with van der Waals surface area (Å²) < 4.78 is 5.97. The summed E-state index contributed by atoms with van der Waals surface area (Å²) in [5.74, 6) is 0.956. The van der Waals surface area contributed by atoms with Crippen LogP contribution in [0.3, 0.4) is 0 Å². The van der Waals surface area contributed by atoms with Crippen molar-refractivity contribution in [2.24, 2.45) is 0 Å². The van der Waals surface area contributed by atoms with Crippen LogP contribution in [0, 0.1) is 0 Å². The zero-order valence-electron chi connectivity index (χ0n) is 16.6. The van der Waals surface area contributed by atoms with Crippen LogP contribution < -0.4 is 4.74 Å². The van der Waals surface area contributed by atoms with Gasteiger partial charge >= 0.3 is 0 Å². The van der Waals surface area contributed by atoms with Gasteiger partial charge in [-0.25, -0.2) is 0 Å². The molecule has 0 aromatic heterocycles. The van der Waals surface area contributed by atoms with E-state index in [9.17, 15) is 0 Å². The van der Waals surface area contributed by atoms with Crippen molar-refractivity contribution in [3.05, 3.63) is 30.3 Å². The maximum Gasteiger partial charge on any atom is 0.119 e. The molecule has 0 bridgehead atoms. The highest BCUT2D eigenvalue weighted by atomic mass is 79.9. The van der Waals surface area contributed by atoms with Crippen molar-refractivity contribution >= 4 is 15.9 Å². The van der Waals surface area contributed by atoms with Gasteiger partial charge in [-0.1, -0.05) is 98.8 Å². The van der Waals surface area contributed by atoms with Gasteiger partial charge in [0.25, 0.3) is 0 Å². The number of unbranched alkanes of at least 4 members (excludes halogenated alkanes) is 8. The summed E-state index contributed by atoms with van der Waals surface area (Å²) in [7, 11) is 4.28. The van der Waals surface area contributed by atoms with Crippen LogP contribution in [0.1, 0.15) is 71.1 Å². The van der Waals surface area contributed by atoms with E-state index in [4.69, 9.17) is 4.74 Å². The fourth-order valence-corrected chi connectivity index (χ4v) is 4.07. The van der Waals surface area contributed by atoms with Gasteiger partial charge in [-0.3, -0.25) is 0 Å². The number of ether oxygens (including phenoxy) is 1. The van der Waals surface area contributed by atoms with Crippen molar-refractivity contribution in [1.82, 2.24) is 4.90 Å². The van der Waals surface area contributed by atoms with Crippen molar-refractivity contribution in [2.75, 3.05) is 20.7 Å². The fraction of sp³-hybridized carbons (Fsp3) is 0.727. The van der Waals surface area contributed by atoms with E-state index in [-0.39, 0.29) is 0 Å². The number of nitrogens with zero attached hydrogens (tertiary/aromatic N) is 1. The maximum atomic E-state index is 5.97. The Balaban J connectivity index is 2.15. The molecule has 25 heavy (non-hydrogen) atoms. The average molecular weight is 412 g/mol. The standard InChI is InChI=1S/C22H38BrNO/c1-4-5-6-7-8-9-10-11-15-18-21(23)22(24(2)3)19-25-20-16-13-12-14-17-20/h12-14,16-17,21-22H,4-11,15,18-19H2,1-3H3. The Kier molecular flexibility index (Phi) is 13.2. The molecule has 0 saturated carbocycles. The lowest BCUT2D eigenvalue weighted by atomic mass is 10.0. The smallest absolute Gasteiger partial charge is 0.119 e. The van der Waals surface area contributed by atoms with Crippen molar-refractivity contribution in [3.8, 4) is 5.75 Å². The molecular formula is C22H38BrNO. The molecule has 3 heteroatoms. The molecule has 0 aliphatic carbocycles. The Morgan fingerprint density at radius 3 is 2.00 bits per heavy atom. The predicted octanol–water partition coefficient (Wildman–Crippen LogP) is 6.68. The van der Waals surface area contributed by atoms with Gasteiger partial charge in [-0.2, -0.15) is 0 Å². The molecule has 0 saturated heterocycles. The highest BCUT2D eigenvalue weighted by Crippen LogP contribution is 2.20. The Labute approximate surface area is 164 Å². The third-order valence-electron chi connectivity index (χ3n) is 4.83. The van der Waals surface area contributed by atoms with Crippen LogP contribution >= 0.6 is 15.9 Å². The van der Waals surface area contributed by atoms with Gasteiger partial charge in [-0.15, -0.1) is 0 Å². The Morgan fingerprint density at radius 1 is 0.880 bits per heavy atom. The molecule has 0 aliphatic rings. The number of rotatable bonds is 15. The first-order valence-electron chi connectivity index (χ1n) is 10.1. The molecule has 2 nitrogen and oxygen atoms in total. The SMILES string of the molecule is CCCCCCCCCCCC(Br)C(COc1ccccc1)N(C)C. The number of benzene rings is 1. The number of hydrogen-bond acceptors (Lipinski definition) is 2. The van der Waals surface area contributed by atoms with Gasteiger partial charge in [0.15, 0.2) is 0 Å². The van der Waals surface area contributed by atoms with E-state index in [1.54, 1.807) is 0 Å². The van der Waals surface area contributed by atoms with E-state index in [0.717, 1.165) is 12.4 Å². The summed E-state index contributed by atoms with van der Waals surface area (Å²) in [6.45, 7) is 3.01. The van der Waals surface area contributed by atoms with Crippen molar-refractivity contribution < 1.29 is 4.74 Å². The molecule has 0 amide bonds. The lowest BCUT2D eigenvalue weighted by molar-refractivity contribution is 0.180. The highest BCUT2D eigenvalue weighted by Gasteiger charge is 2.21. The zero-order chi connectivity index (χ0) is 18.3. The molecule has 2 atom stereocenters. The molecule has 2 unspecified atom stereocenters. The lowest BCUT2D eigenvalue weighted by Crippen LogP contribution is -2.40. The van der Waals surface area contributed by atoms with Crippen LogP contribution in [0.15, 0.2) is 30.3 Å². The van der Waals surface area contributed by atoms with E-state index < -0.39 is 0 Å². The summed E-state index contributed by atoms with van der Waals surface area (Å²) in [5, 5.41) is 0. The molecule has 0 aliphatic heterocycles. The van der Waals surface area contributed by atoms with Gasteiger partial charge in [0.05, 0.1) is 6.04 Å². The third-order valence-corrected chi connectivity index (χ3v) is 5.90. The minimum atomic E-state index is 0.397. The topological polar surface area (TPSA) is 12.5 Å². The molecule has 1 aromatic rings. The number of hydrogen-bond donors (Lipinski definition) is 0. The summed E-state index contributed by atoms with van der Waals surface area (Å²) in [6, 6.07) is 10.5. The van der Waals surface area contributed by atoms with E-state index in [1.165, 1.54) is 64.2 Å². The lowest BCUT2D eigenvalue weighted by Gasteiger charge is -2.29. The molecule has 0 heterocycles. The molecule has 0 spiro atoms. The summed E-state index contributed by atoms with van der Waals surface area (Å²) in [4.78, 5) is 2.76. The van der Waals surface area contributed by atoms with E-state index in [1.807, 2.05) is 30.3 Å². The van der Waals surface area contributed by atoms with Gasteiger partial charge in [0, 0.05) is 4.83 Å². The molecule has 0 fully saturated rings. The first kappa shape index (κ1) is 22.5. The normalized spacial score (nSPS) is 13.8. The second-order valence-corrected chi connectivity index (χ2v) is 8.46. The monoisotopic (exact) mass is 411 g/mol. The summed E-state index contributed by atoms with van der Waals surface area (Å²) >= 11 is 3.91. The van der Waals surface area contributed by atoms with E-state index in [0.29, 0.717) is 10.9 Å². The molecule has 0 N–H and O–H groups in total. The van der Waals surface area contributed by atoms with Gasteiger partial charge in [0.2, 0.25) is 0 Å². The summed E-state index contributed by atoms with van der Waals surface area (Å²) in [6.07, 6.45) is 13.7. The first-order chi connectivity index (χ1) is 12.1. The Morgan fingerprint density at radius 2 is 1.44 bits per heavy atom. The van der Waals surface area contributed by atoms with Crippen LogP contribution in [0.2, 0.25) is 0 Å². The molecule has 144 valence electrons. The van der Waals surface area contributed by atoms with E-state index in [2.05, 4.69) is 41.8 Å². The number of likely N-dealkylation sites (N-methyl/N-ethyl adjacent to an activating group) is 1.